The first-order chi connectivity index (χ1) is 15.3. The van der Waals surface area contributed by atoms with Gasteiger partial charge in [-0.2, -0.15) is 0 Å². The highest BCUT2D eigenvalue weighted by Crippen LogP contribution is 2.02. The summed E-state index contributed by atoms with van der Waals surface area (Å²) in [6, 6.07) is -6.06. The standard InChI is InChI=1S/C17H29N7O9/c18-7(1-3-11(19)26)14(29)24-10(6-25)16(31)23-9(5-13(21)28)15(30)22-8(17(32)33)2-4-12(20)27/h7-10,25H,1-6,18H2,(H2,19,26)(H2,20,27)(H2,21,28)(H,22,30)(H,23,31)(H,24,29)(H,32,33). The summed E-state index contributed by atoms with van der Waals surface area (Å²) in [6.45, 7) is -0.929. The minimum atomic E-state index is -1.67. The Morgan fingerprint density at radius 2 is 1.12 bits per heavy atom. The molecule has 0 aromatic heterocycles. The fourth-order valence-electron chi connectivity index (χ4n) is 2.40. The van der Waals surface area contributed by atoms with Gasteiger partial charge in [-0.1, -0.05) is 0 Å². The molecule has 4 unspecified atom stereocenters. The Morgan fingerprint density at radius 1 is 0.667 bits per heavy atom. The lowest BCUT2D eigenvalue weighted by molar-refractivity contribution is -0.142. The van der Waals surface area contributed by atoms with Gasteiger partial charge in [-0.25, -0.2) is 4.79 Å². The molecule has 186 valence electrons. The van der Waals surface area contributed by atoms with Crippen LogP contribution in [-0.4, -0.2) is 82.4 Å². The van der Waals surface area contributed by atoms with Crippen LogP contribution in [-0.2, 0) is 33.6 Å². The number of nitrogens with one attached hydrogen (secondary N) is 3. The third kappa shape index (κ3) is 12.0. The summed E-state index contributed by atoms with van der Waals surface area (Å²) < 4.78 is 0. The Balaban J connectivity index is 5.26. The van der Waals surface area contributed by atoms with E-state index in [-0.39, 0.29) is 25.7 Å². The number of aliphatic carboxylic acids is 1. The van der Waals surface area contributed by atoms with E-state index in [2.05, 4.69) is 10.6 Å². The number of rotatable bonds is 16. The molecule has 33 heavy (non-hydrogen) atoms. The van der Waals surface area contributed by atoms with Gasteiger partial charge in [0.2, 0.25) is 35.4 Å². The zero-order valence-electron chi connectivity index (χ0n) is 17.6. The summed E-state index contributed by atoms with van der Waals surface area (Å²) in [5.74, 6) is -7.19. The van der Waals surface area contributed by atoms with Crippen molar-refractivity contribution in [3.05, 3.63) is 0 Å². The summed E-state index contributed by atoms with van der Waals surface area (Å²) in [6.07, 6.45) is -1.80. The van der Waals surface area contributed by atoms with E-state index in [0.29, 0.717) is 0 Å². The van der Waals surface area contributed by atoms with Gasteiger partial charge < -0.3 is 49.1 Å². The van der Waals surface area contributed by atoms with Gasteiger partial charge in [0.25, 0.3) is 0 Å². The van der Waals surface area contributed by atoms with Gasteiger partial charge in [0, 0.05) is 12.8 Å². The number of carbonyl (C=O) groups excluding carboxylic acids is 6. The molecule has 0 aliphatic carbocycles. The Kier molecular flexibility index (Phi) is 12.7. The predicted molar refractivity (Wildman–Crippen MR) is 109 cm³/mol. The number of aliphatic hydroxyl groups excluding tert-OH is 1. The normalized spacial score (nSPS) is 14.1. The van der Waals surface area contributed by atoms with E-state index in [0.717, 1.165) is 0 Å². The molecule has 0 rings (SSSR count). The van der Waals surface area contributed by atoms with Crippen molar-refractivity contribution in [2.24, 2.45) is 22.9 Å². The van der Waals surface area contributed by atoms with E-state index >= 15 is 0 Å². The summed E-state index contributed by atoms with van der Waals surface area (Å²) in [5, 5.41) is 24.8. The Hall–Kier alpha value is -3.79. The highest BCUT2D eigenvalue weighted by molar-refractivity contribution is 5.96. The largest absolute Gasteiger partial charge is 0.480 e. The fourth-order valence-corrected chi connectivity index (χ4v) is 2.40. The molecule has 16 heteroatoms. The molecule has 0 heterocycles. The van der Waals surface area contributed by atoms with Crippen LogP contribution in [0, 0.1) is 0 Å². The predicted octanol–water partition coefficient (Wildman–Crippen LogP) is -5.75. The van der Waals surface area contributed by atoms with E-state index in [9.17, 15) is 38.7 Å². The van der Waals surface area contributed by atoms with Crippen molar-refractivity contribution in [1.29, 1.82) is 0 Å². The zero-order valence-corrected chi connectivity index (χ0v) is 17.6. The molecular formula is C17H29N7O9. The smallest absolute Gasteiger partial charge is 0.326 e. The van der Waals surface area contributed by atoms with Crippen LogP contribution >= 0.6 is 0 Å². The van der Waals surface area contributed by atoms with Crippen molar-refractivity contribution in [1.82, 2.24) is 16.0 Å². The molecule has 0 bridgehead atoms. The highest BCUT2D eigenvalue weighted by Gasteiger charge is 2.31. The van der Waals surface area contributed by atoms with Crippen LogP contribution in [0.3, 0.4) is 0 Å². The topological polar surface area (TPSA) is 300 Å². The van der Waals surface area contributed by atoms with Gasteiger partial charge in [-0.15, -0.1) is 0 Å². The lowest BCUT2D eigenvalue weighted by atomic mass is 10.1. The minimum Gasteiger partial charge on any atom is -0.480 e. The van der Waals surface area contributed by atoms with E-state index in [1.54, 1.807) is 0 Å². The summed E-state index contributed by atoms with van der Waals surface area (Å²) in [5.41, 5.74) is 20.5. The van der Waals surface area contributed by atoms with Crippen LogP contribution in [0.2, 0.25) is 0 Å². The molecule has 0 aliphatic heterocycles. The third-order valence-corrected chi connectivity index (χ3v) is 4.19. The van der Waals surface area contributed by atoms with Crippen molar-refractivity contribution in [2.75, 3.05) is 6.61 Å². The lowest BCUT2D eigenvalue weighted by Crippen LogP contribution is -2.58. The molecule has 0 saturated heterocycles. The van der Waals surface area contributed by atoms with E-state index < -0.39 is 78.6 Å². The Labute approximate surface area is 187 Å². The maximum Gasteiger partial charge on any atom is 0.326 e. The van der Waals surface area contributed by atoms with Crippen molar-refractivity contribution < 1.29 is 43.8 Å². The maximum atomic E-state index is 12.4. The number of carboxylic acid groups (broad SMARTS) is 1. The van der Waals surface area contributed by atoms with E-state index in [1.807, 2.05) is 5.32 Å². The quantitative estimate of drug-likeness (QED) is 0.102. The van der Waals surface area contributed by atoms with Crippen LogP contribution in [0.4, 0.5) is 0 Å². The molecule has 0 fully saturated rings. The number of hydrogen-bond donors (Lipinski definition) is 9. The molecule has 6 amide bonds. The highest BCUT2D eigenvalue weighted by atomic mass is 16.4. The first-order valence-corrected chi connectivity index (χ1v) is 9.63. The second-order valence-corrected chi connectivity index (χ2v) is 6.99. The first-order valence-electron chi connectivity index (χ1n) is 9.63. The monoisotopic (exact) mass is 475 g/mol. The molecule has 0 saturated carbocycles. The third-order valence-electron chi connectivity index (χ3n) is 4.19. The van der Waals surface area contributed by atoms with Crippen molar-refractivity contribution >= 4 is 41.4 Å². The Morgan fingerprint density at radius 3 is 1.58 bits per heavy atom. The minimum absolute atomic E-state index is 0.129. The average molecular weight is 475 g/mol. The molecule has 4 atom stereocenters. The number of amides is 6. The van der Waals surface area contributed by atoms with Gasteiger partial charge in [0.05, 0.1) is 19.1 Å². The number of hydrogen-bond acceptors (Lipinski definition) is 9. The molecule has 13 N–H and O–H groups in total. The second-order valence-electron chi connectivity index (χ2n) is 6.99. The number of carboxylic acids is 1. The summed E-state index contributed by atoms with van der Waals surface area (Å²) in [7, 11) is 0. The number of primary amides is 3. The molecule has 0 aromatic rings. The number of aliphatic hydroxyl groups is 1. The van der Waals surface area contributed by atoms with E-state index in [4.69, 9.17) is 28.0 Å². The van der Waals surface area contributed by atoms with E-state index in [1.165, 1.54) is 0 Å². The Bertz CT molecular complexity index is 774. The van der Waals surface area contributed by atoms with Gasteiger partial charge in [0.15, 0.2) is 0 Å². The van der Waals surface area contributed by atoms with Crippen LogP contribution in [0.15, 0.2) is 0 Å². The van der Waals surface area contributed by atoms with Crippen molar-refractivity contribution in [3.8, 4) is 0 Å². The summed E-state index contributed by atoms with van der Waals surface area (Å²) in [4.78, 5) is 81.1. The molecule has 0 spiro atoms. The molecule has 16 nitrogen and oxygen atoms in total. The molecular weight excluding hydrogens is 446 g/mol. The van der Waals surface area contributed by atoms with Crippen molar-refractivity contribution in [2.45, 2.75) is 56.3 Å². The molecule has 0 aliphatic rings. The first kappa shape index (κ1) is 29.2. The maximum absolute atomic E-state index is 12.4. The average Bonchev–Trinajstić information content (AvgIpc) is 2.71. The zero-order chi connectivity index (χ0) is 25.7. The number of nitrogens with two attached hydrogens (primary N) is 4. The second kappa shape index (κ2) is 14.3. The van der Waals surface area contributed by atoms with Gasteiger partial charge >= 0.3 is 5.97 Å². The van der Waals surface area contributed by atoms with Crippen LogP contribution in [0.5, 0.6) is 0 Å². The number of carbonyl (C=O) groups is 7. The van der Waals surface area contributed by atoms with Crippen LogP contribution in [0.25, 0.3) is 0 Å². The molecule has 0 radical (unpaired) electrons. The SMILES string of the molecule is NC(=O)CCC(N)C(=O)NC(CO)C(=O)NC(CC(N)=O)C(=O)NC(CCC(N)=O)C(=O)O. The van der Waals surface area contributed by atoms with Gasteiger partial charge in [0.1, 0.15) is 18.1 Å². The lowest BCUT2D eigenvalue weighted by Gasteiger charge is -2.23. The van der Waals surface area contributed by atoms with Crippen LogP contribution < -0.4 is 38.9 Å². The fraction of sp³-hybridized carbons (Fsp3) is 0.588. The van der Waals surface area contributed by atoms with Crippen molar-refractivity contribution in [3.63, 3.8) is 0 Å². The summed E-state index contributed by atoms with van der Waals surface area (Å²) >= 11 is 0. The van der Waals surface area contributed by atoms with Crippen LogP contribution in [0.1, 0.15) is 32.1 Å². The molecule has 0 aromatic carbocycles. The van der Waals surface area contributed by atoms with Gasteiger partial charge in [-0.05, 0) is 12.8 Å². The van der Waals surface area contributed by atoms with Gasteiger partial charge in [-0.3, -0.25) is 28.8 Å².